The summed E-state index contributed by atoms with van der Waals surface area (Å²) in [5.74, 6) is 0. The molecule has 0 aliphatic rings. The first-order chi connectivity index (χ1) is 5.11. The Bertz CT molecular complexity index is 251. The Hall–Kier alpha value is -0.300. The number of aryl methyl sites for hydroxylation is 2. The van der Waals surface area contributed by atoms with E-state index in [4.69, 9.17) is 0 Å². The first kappa shape index (κ1) is 8.79. The molecule has 0 aliphatic carbocycles. The molecule has 60 valence electrons. The summed E-state index contributed by atoms with van der Waals surface area (Å²) in [4.78, 5) is 0.461. The van der Waals surface area contributed by atoms with E-state index in [1.807, 2.05) is 0 Å². The van der Waals surface area contributed by atoms with E-state index in [-0.39, 0.29) is 0 Å². The Balaban J connectivity index is 3.13. The van der Waals surface area contributed by atoms with Gasteiger partial charge in [-0.2, -0.15) is 0 Å². The maximum absolute atomic E-state index is 3.57. The van der Waals surface area contributed by atoms with Gasteiger partial charge < -0.3 is 0 Å². The van der Waals surface area contributed by atoms with Crippen molar-refractivity contribution in [2.45, 2.75) is 25.6 Å². The van der Waals surface area contributed by atoms with E-state index in [1.54, 1.807) is 0 Å². The van der Waals surface area contributed by atoms with Crippen LogP contribution in [0, 0.1) is 13.8 Å². The summed E-state index contributed by atoms with van der Waals surface area (Å²) in [6.07, 6.45) is 0. The predicted molar refractivity (Wildman–Crippen MR) is 53.3 cm³/mol. The fourth-order valence-electron chi connectivity index (χ4n) is 1.19. The molecule has 1 rings (SSSR count). The van der Waals surface area contributed by atoms with Crippen molar-refractivity contribution in [1.82, 2.24) is 0 Å². The molecule has 0 N–H and O–H groups in total. The Morgan fingerprint density at radius 3 is 2.36 bits per heavy atom. The topological polar surface area (TPSA) is 0 Å². The molecule has 0 heterocycles. The van der Waals surface area contributed by atoms with Crippen molar-refractivity contribution in [1.29, 1.82) is 0 Å². The van der Waals surface area contributed by atoms with Crippen LogP contribution in [0.2, 0.25) is 0 Å². The van der Waals surface area contributed by atoms with E-state index in [0.29, 0.717) is 4.83 Å². The van der Waals surface area contributed by atoms with Crippen LogP contribution in [0.3, 0.4) is 0 Å². The van der Waals surface area contributed by atoms with Crippen molar-refractivity contribution < 1.29 is 0 Å². The van der Waals surface area contributed by atoms with E-state index < -0.39 is 0 Å². The first-order valence-electron chi connectivity index (χ1n) is 3.82. The van der Waals surface area contributed by atoms with E-state index in [2.05, 4.69) is 54.9 Å². The molecule has 1 aromatic rings. The van der Waals surface area contributed by atoms with Crippen molar-refractivity contribution in [3.05, 3.63) is 34.9 Å². The molecule has 0 spiro atoms. The molecule has 1 heteroatoms. The van der Waals surface area contributed by atoms with Gasteiger partial charge in [-0.1, -0.05) is 39.7 Å². The number of hydrogen-bond acceptors (Lipinski definition) is 0. The van der Waals surface area contributed by atoms with Gasteiger partial charge in [0, 0.05) is 4.83 Å². The molecule has 0 nitrogen and oxygen atoms in total. The third-order valence-corrected chi connectivity index (χ3v) is 2.36. The van der Waals surface area contributed by atoms with Gasteiger partial charge in [0.1, 0.15) is 0 Å². The van der Waals surface area contributed by atoms with Crippen LogP contribution in [0.15, 0.2) is 18.2 Å². The molecule has 0 saturated carbocycles. The molecule has 0 bridgehead atoms. The highest BCUT2D eigenvalue weighted by atomic mass is 79.9. The van der Waals surface area contributed by atoms with Gasteiger partial charge >= 0.3 is 0 Å². The molecule has 0 radical (unpaired) electrons. The van der Waals surface area contributed by atoms with Gasteiger partial charge in [0.15, 0.2) is 0 Å². The highest BCUT2D eigenvalue weighted by Gasteiger charge is 2.03. The summed E-state index contributed by atoms with van der Waals surface area (Å²) in [6, 6.07) is 6.55. The van der Waals surface area contributed by atoms with Crippen molar-refractivity contribution >= 4 is 15.9 Å². The molecular formula is C10H13Br. The van der Waals surface area contributed by atoms with Gasteiger partial charge in [0.2, 0.25) is 0 Å². The lowest BCUT2D eigenvalue weighted by Gasteiger charge is -2.08. The molecule has 11 heavy (non-hydrogen) atoms. The zero-order valence-corrected chi connectivity index (χ0v) is 8.77. The standard InChI is InChI=1S/C10H13Br/c1-7-4-5-8(2)10(6-7)9(3)11/h4-6,9H,1-3H3/t9-/m0/s1. The van der Waals surface area contributed by atoms with Crippen molar-refractivity contribution in [2.75, 3.05) is 0 Å². The third-order valence-electron chi connectivity index (χ3n) is 1.86. The third kappa shape index (κ3) is 2.06. The van der Waals surface area contributed by atoms with Crippen molar-refractivity contribution in [3.63, 3.8) is 0 Å². The summed E-state index contributed by atoms with van der Waals surface area (Å²) < 4.78 is 0. The molecule has 0 fully saturated rings. The van der Waals surface area contributed by atoms with Crippen LogP contribution in [0.1, 0.15) is 28.4 Å². The summed E-state index contributed by atoms with van der Waals surface area (Å²) in [7, 11) is 0. The zero-order chi connectivity index (χ0) is 8.43. The minimum Gasteiger partial charge on any atom is -0.0842 e. The zero-order valence-electron chi connectivity index (χ0n) is 7.19. The summed E-state index contributed by atoms with van der Waals surface area (Å²) in [6.45, 7) is 6.42. The van der Waals surface area contributed by atoms with E-state index in [9.17, 15) is 0 Å². The number of hydrogen-bond donors (Lipinski definition) is 0. The Morgan fingerprint density at radius 1 is 1.27 bits per heavy atom. The second-order valence-electron chi connectivity index (χ2n) is 2.98. The number of rotatable bonds is 1. The van der Waals surface area contributed by atoms with E-state index in [1.165, 1.54) is 16.7 Å². The van der Waals surface area contributed by atoms with Crippen molar-refractivity contribution in [2.24, 2.45) is 0 Å². The van der Waals surface area contributed by atoms with E-state index in [0.717, 1.165) is 0 Å². The van der Waals surface area contributed by atoms with Gasteiger partial charge in [-0.05, 0) is 31.9 Å². The lowest BCUT2D eigenvalue weighted by Crippen LogP contribution is -1.89. The number of benzene rings is 1. The van der Waals surface area contributed by atoms with Crippen molar-refractivity contribution in [3.8, 4) is 0 Å². The summed E-state index contributed by atoms with van der Waals surface area (Å²) in [5, 5.41) is 0. The Morgan fingerprint density at radius 2 is 1.91 bits per heavy atom. The smallest absolute Gasteiger partial charge is 0.0369 e. The second-order valence-corrected chi connectivity index (χ2v) is 4.35. The highest BCUT2D eigenvalue weighted by molar-refractivity contribution is 9.09. The quantitative estimate of drug-likeness (QED) is 0.623. The average molecular weight is 213 g/mol. The highest BCUT2D eigenvalue weighted by Crippen LogP contribution is 2.25. The van der Waals surface area contributed by atoms with Crippen LogP contribution >= 0.6 is 15.9 Å². The predicted octanol–water partition coefficient (Wildman–Crippen LogP) is 3.76. The Labute approximate surface area is 76.8 Å². The monoisotopic (exact) mass is 212 g/mol. The minimum atomic E-state index is 0.461. The average Bonchev–Trinajstić information content (AvgIpc) is 1.94. The molecule has 0 aromatic heterocycles. The molecule has 0 saturated heterocycles. The Kier molecular flexibility index (Phi) is 2.72. The first-order valence-corrected chi connectivity index (χ1v) is 4.74. The molecule has 0 amide bonds. The lowest BCUT2D eigenvalue weighted by atomic mass is 10.0. The van der Waals surface area contributed by atoms with Crippen LogP contribution in [-0.4, -0.2) is 0 Å². The lowest BCUT2D eigenvalue weighted by molar-refractivity contribution is 1.09. The SMILES string of the molecule is Cc1ccc(C)c([C@H](C)Br)c1. The van der Waals surface area contributed by atoms with Crippen LogP contribution in [0.5, 0.6) is 0 Å². The molecule has 0 unspecified atom stereocenters. The normalized spacial score (nSPS) is 13.1. The maximum Gasteiger partial charge on any atom is 0.0369 e. The van der Waals surface area contributed by atoms with Gasteiger partial charge in [-0.15, -0.1) is 0 Å². The van der Waals surface area contributed by atoms with Crippen LogP contribution in [-0.2, 0) is 0 Å². The summed E-state index contributed by atoms with van der Waals surface area (Å²) >= 11 is 3.57. The maximum atomic E-state index is 3.57. The molecule has 1 atom stereocenters. The van der Waals surface area contributed by atoms with Gasteiger partial charge in [0.25, 0.3) is 0 Å². The minimum absolute atomic E-state index is 0.461. The van der Waals surface area contributed by atoms with Crippen LogP contribution in [0.25, 0.3) is 0 Å². The fraction of sp³-hybridized carbons (Fsp3) is 0.400. The molecule has 1 aromatic carbocycles. The van der Waals surface area contributed by atoms with E-state index >= 15 is 0 Å². The largest absolute Gasteiger partial charge is 0.0842 e. The summed E-state index contributed by atoms with van der Waals surface area (Å²) in [5.41, 5.74) is 4.09. The number of halogens is 1. The molecular weight excluding hydrogens is 200 g/mol. The van der Waals surface area contributed by atoms with Crippen LogP contribution in [0.4, 0.5) is 0 Å². The van der Waals surface area contributed by atoms with Gasteiger partial charge in [-0.3, -0.25) is 0 Å². The molecule has 0 aliphatic heterocycles. The number of alkyl halides is 1. The van der Waals surface area contributed by atoms with Gasteiger partial charge in [-0.25, -0.2) is 0 Å². The second kappa shape index (κ2) is 3.40. The fourth-order valence-corrected chi connectivity index (χ4v) is 1.68. The van der Waals surface area contributed by atoms with Gasteiger partial charge in [0.05, 0.1) is 0 Å². The van der Waals surface area contributed by atoms with Crippen LogP contribution < -0.4 is 0 Å².